The van der Waals surface area contributed by atoms with E-state index >= 15 is 0 Å². The molecule has 0 saturated heterocycles. The number of nitrogens with one attached hydrogen (secondary N) is 1. The highest BCUT2D eigenvalue weighted by atomic mass is 16.5. The van der Waals surface area contributed by atoms with E-state index in [0.29, 0.717) is 11.6 Å². The highest BCUT2D eigenvalue weighted by Gasteiger charge is 2.37. The summed E-state index contributed by atoms with van der Waals surface area (Å²) in [5, 5.41) is 3.49. The molecule has 1 aliphatic carbocycles. The summed E-state index contributed by atoms with van der Waals surface area (Å²) in [4.78, 5) is 4.49. The maximum absolute atomic E-state index is 5.92. The third-order valence-corrected chi connectivity index (χ3v) is 3.34. The fourth-order valence-electron chi connectivity index (χ4n) is 2.13. The molecule has 1 fully saturated rings. The first-order chi connectivity index (χ1) is 8.67. The summed E-state index contributed by atoms with van der Waals surface area (Å²) in [7, 11) is 0. The van der Waals surface area contributed by atoms with Crippen LogP contribution in [0.15, 0.2) is 12.1 Å². The number of nitrogen functional groups attached to an aromatic ring is 1. The van der Waals surface area contributed by atoms with Crippen molar-refractivity contribution in [1.29, 1.82) is 0 Å². The van der Waals surface area contributed by atoms with E-state index in [4.69, 9.17) is 10.5 Å². The number of pyridine rings is 1. The van der Waals surface area contributed by atoms with Crippen molar-refractivity contribution in [1.82, 2.24) is 4.98 Å². The molecule has 1 saturated carbocycles. The Morgan fingerprint density at radius 2 is 1.84 bits per heavy atom. The highest BCUT2D eigenvalue weighted by molar-refractivity contribution is 5.54. The summed E-state index contributed by atoms with van der Waals surface area (Å²) in [5.74, 6) is 2.06. The lowest BCUT2D eigenvalue weighted by Crippen LogP contribution is -2.33. The molecule has 3 N–H and O–H groups in total. The first-order valence-electron chi connectivity index (χ1n) is 6.91. The lowest BCUT2D eigenvalue weighted by atomic mass is 9.99. The number of anilines is 2. The lowest BCUT2D eigenvalue weighted by Gasteiger charge is -2.28. The van der Waals surface area contributed by atoms with Crippen LogP contribution in [0.5, 0.6) is 5.88 Å². The van der Waals surface area contributed by atoms with Crippen LogP contribution < -0.4 is 15.8 Å². The van der Waals surface area contributed by atoms with Gasteiger partial charge in [0.05, 0.1) is 5.69 Å². The average Bonchev–Trinajstić information content (AvgIpc) is 3.04. The van der Waals surface area contributed by atoms with Crippen molar-refractivity contribution >= 4 is 11.5 Å². The third-order valence-electron chi connectivity index (χ3n) is 3.34. The van der Waals surface area contributed by atoms with E-state index in [1.54, 1.807) is 0 Å². The summed E-state index contributed by atoms with van der Waals surface area (Å²) >= 11 is 0. The van der Waals surface area contributed by atoms with Crippen LogP contribution in [-0.4, -0.2) is 16.1 Å². The number of hydrogen-bond donors (Lipinski definition) is 2. The number of ether oxygens (including phenoxy) is 1. The molecule has 19 heavy (non-hydrogen) atoms. The Bertz CT molecular complexity index is 459. The highest BCUT2D eigenvalue weighted by Crippen LogP contribution is 2.41. The van der Waals surface area contributed by atoms with E-state index in [-0.39, 0.29) is 11.1 Å². The zero-order valence-electron chi connectivity index (χ0n) is 12.6. The molecule has 1 heterocycles. The summed E-state index contributed by atoms with van der Waals surface area (Å²) in [6, 6.07) is 3.76. The Labute approximate surface area is 115 Å². The quantitative estimate of drug-likeness (QED) is 0.873. The van der Waals surface area contributed by atoms with Crippen LogP contribution in [0.2, 0.25) is 0 Å². The molecule has 0 radical (unpaired) electrons. The summed E-state index contributed by atoms with van der Waals surface area (Å²) < 4.78 is 5.79. The van der Waals surface area contributed by atoms with Gasteiger partial charge in [0.15, 0.2) is 0 Å². The Hall–Kier alpha value is -1.45. The minimum Gasteiger partial charge on any atom is -0.470 e. The Morgan fingerprint density at radius 1 is 1.21 bits per heavy atom. The second-order valence-corrected chi connectivity index (χ2v) is 6.93. The van der Waals surface area contributed by atoms with Gasteiger partial charge in [0.25, 0.3) is 0 Å². The Morgan fingerprint density at radius 3 is 2.37 bits per heavy atom. The average molecular weight is 263 g/mol. The van der Waals surface area contributed by atoms with Crippen LogP contribution in [-0.2, 0) is 0 Å². The predicted octanol–water partition coefficient (Wildman–Crippen LogP) is 3.44. The van der Waals surface area contributed by atoms with Crippen LogP contribution in [0.25, 0.3) is 0 Å². The van der Waals surface area contributed by atoms with Crippen molar-refractivity contribution in [3.8, 4) is 5.88 Å². The molecule has 4 heteroatoms. The van der Waals surface area contributed by atoms with Crippen molar-refractivity contribution in [2.75, 3.05) is 11.1 Å². The molecule has 1 aromatic rings. The molecule has 106 valence electrons. The molecule has 0 aliphatic heterocycles. The van der Waals surface area contributed by atoms with E-state index in [1.165, 1.54) is 12.8 Å². The molecule has 0 spiro atoms. The summed E-state index contributed by atoms with van der Waals surface area (Å²) in [6.07, 6.45) is 2.58. The molecular formula is C15H25N3O. The molecular weight excluding hydrogens is 238 g/mol. The van der Waals surface area contributed by atoms with E-state index in [9.17, 15) is 0 Å². The summed E-state index contributed by atoms with van der Waals surface area (Å²) in [6.45, 7) is 10.4. The number of nitrogens with two attached hydrogens (primary N) is 1. The second kappa shape index (κ2) is 4.58. The topological polar surface area (TPSA) is 60.2 Å². The first kappa shape index (κ1) is 14.0. The SMILES string of the molecule is CC(C)(C)Oc1nc(NC(C)(C)C2CC2)ccc1N. The molecule has 0 bridgehead atoms. The van der Waals surface area contributed by atoms with Gasteiger partial charge < -0.3 is 15.8 Å². The Balaban J connectivity index is 2.16. The van der Waals surface area contributed by atoms with E-state index in [0.717, 1.165) is 11.7 Å². The van der Waals surface area contributed by atoms with Crippen molar-refractivity contribution in [3.05, 3.63) is 12.1 Å². The van der Waals surface area contributed by atoms with E-state index < -0.39 is 0 Å². The van der Waals surface area contributed by atoms with Gasteiger partial charge >= 0.3 is 0 Å². The molecule has 2 rings (SSSR count). The number of aromatic nitrogens is 1. The van der Waals surface area contributed by atoms with Crippen LogP contribution in [0.1, 0.15) is 47.5 Å². The number of nitrogens with zero attached hydrogens (tertiary/aromatic N) is 1. The Kier molecular flexibility index (Phi) is 3.37. The zero-order valence-corrected chi connectivity index (χ0v) is 12.6. The predicted molar refractivity (Wildman–Crippen MR) is 79.5 cm³/mol. The first-order valence-corrected chi connectivity index (χ1v) is 6.91. The molecule has 0 unspecified atom stereocenters. The van der Waals surface area contributed by atoms with Crippen molar-refractivity contribution < 1.29 is 4.74 Å². The maximum atomic E-state index is 5.92. The fraction of sp³-hybridized carbons (Fsp3) is 0.667. The third kappa shape index (κ3) is 3.75. The molecule has 1 aromatic heterocycles. The largest absolute Gasteiger partial charge is 0.470 e. The van der Waals surface area contributed by atoms with Crippen molar-refractivity contribution in [2.45, 2.75) is 58.6 Å². The number of rotatable bonds is 4. The van der Waals surface area contributed by atoms with Gasteiger partial charge in [-0.2, -0.15) is 4.98 Å². The van der Waals surface area contributed by atoms with Gasteiger partial charge in [-0.25, -0.2) is 0 Å². The van der Waals surface area contributed by atoms with Gasteiger partial charge in [0.1, 0.15) is 11.4 Å². The second-order valence-electron chi connectivity index (χ2n) is 6.93. The van der Waals surface area contributed by atoms with Crippen LogP contribution in [0.4, 0.5) is 11.5 Å². The molecule has 0 atom stereocenters. The van der Waals surface area contributed by atoms with Gasteiger partial charge in [-0.1, -0.05) is 0 Å². The zero-order chi connectivity index (χ0) is 14.3. The smallest absolute Gasteiger partial charge is 0.239 e. The van der Waals surface area contributed by atoms with Gasteiger partial charge in [-0.15, -0.1) is 0 Å². The van der Waals surface area contributed by atoms with Crippen molar-refractivity contribution in [3.63, 3.8) is 0 Å². The number of hydrogen-bond acceptors (Lipinski definition) is 4. The van der Waals surface area contributed by atoms with Crippen molar-refractivity contribution in [2.24, 2.45) is 5.92 Å². The normalized spacial score (nSPS) is 16.3. The monoisotopic (exact) mass is 263 g/mol. The van der Waals surface area contributed by atoms with Gasteiger partial charge in [0.2, 0.25) is 5.88 Å². The standard InChI is InChI=1S/C15H25N3O/c1-14(2,3)19-13-11(16)8-9-12(17-13)18-15(4,5)10-6-7-10/h8-10H,6-7,16H2,1-5H3,(H,17,18). The van der Waals surface area contributed by atoms with Gasteiger partial charge in [-0.3, -0.25) is 0 Å². The molecule has 4 nitrogen and oxygen atoms in total. The van der Waals surface area contributed by atoms with Crippen LogP contribution in [0, 0.1) is 5.92 Å². The fourth-order valence-corrected chi connectivity index (χ4v) is 2.13. The van der Waals surface area contributed by atoms with E-state index in [1.807, 2.05) is 32.9 Å². The van der Waals surface area contributed by atoms with Gasteiger partial charge in [-0.05, 0) is 65.5 Å². The van der Waals surface area contributed by atoms with Crippen LogP contribution in [0.3, 0.4) is 0 Å². The lowest BCUT2D eigenvalue weighted by molar-refractivity contribution is 0.125. The maximum Gasteiger partial charge on any atom is 0.239 e. The molecule has 0 aromatic carbocycles. The van der Waals surface area contributed by atoms with Gasteiger partial charge in [0, 0.05) is 5.54 Å². The minimum absolute atomic E-state index is 0.0715. The molecule has 1 aliphatic rings. The van der Waals surface area contributed by atoms with Crippen LogP contribution >= 0.6 is 0 Å². The summed E-state index contributed by atoms with van der Waals surface area (Å²) in [5.41, 5.74) is 6.26. The minimum atomic E-state index is -0.300. The van der Waals surface area contributed by atoms with E-state index in [2.05, 4.69) is 24.1 Å². The molecule has 0 amide bonds.